The molecule has 0 aliphatic carbocycles. The van der Waals surface area contributed by atoms with Gasteiger partial charge in [-0.15, -0.1) is 0 Å². The van der Waals surface area contributed by atoms with Gasteiger partial charge in [0.15, 0.2) is 0 Å². The predicted octanol–water partition coefficient (Wildman–Crippen LogP) is 3.05. The molecule has 1 aromatic carbocycles. The molecule has 2 rings (SSSR count). The molecule has 0 atom stereocenters. The van der Waals surface area contributed by atoms with E-state index in [2.05, 4.69) is 9.97 Å². The Hall–Kier alpha value is -1.85. The van der Waals surface area contributed by atoms with Gasteiger partial charge >= 0.3 is 6.18 Å². The summed E-state index contributed by atoms with van der Waals surface area (Å²) in [7, 11) is 0. The number of fused-ring (bicyclic) bond motifs is 1. The Labute approximate surface area is 95.3 Å². The zero-order valence-corrected chi connectivity index (χ0v) is 8.95. The summed E-state index contributed by atoms with van der Waals surface area (Å²) in [5, 5.41) is 0.474. The summed E-state index contributed by atoms with van der Waals surface area (Å²) in [5.74, 6) is -1.22. The van der Waals surface area contributed by atoms with Crippen molar-refractivity contribution >= 4 is 10.9 Å². The van der Waals surface area contributed by atoms with Crippen LogP contribution in [0.3, 0.4) is 0 Å². The molecule has 0 aliphatic heterocycles. The molecule has 17 heavy (non-hydrogen) atoms. The van der Waals surface area contributed by atoms with Gasteiger partial charge < -0.3 is 4.74 Å². The lowest BCUT2D eigenvalue weighted by Crippen LogP contribution is -2.12. The molecule has 6 heteroatoms. The highest BCUT2D eigenvalue weighted by atomic mass is 19.4. The second-order valence-electron chi connectivity index (χ2n) is 3.30. The molecular weight excluding hydrogens is 233 g/mol. The number of aromatic nitrogens is 2. The number of hydrogen-bond acceptors (Lipinski definition) is 3. The molecule has 3 nitrogen and oxygen atoms in total. The van der Waals surface area contributed by atoms with Gasteiger partial charge in [-0.3, -0.25) is 0 Å². The smallest absolute Gasteiger partial charge is 0.451 e. The Morgan fingerprint density at radius 2 is 1.88 bits per heavy atom. The van der Waals surface area contributed by atoms with Gasteiger partial charge in [-0.25, -0.2) is 4.98 Å². The summed E-state index contributed by atoms with van der Waals surface area (Å²) in [4.78, 5) is 6.88. The van der Waals surface area contributed by atoms with Gasteiger partial charge in [-0.05, 0) is 19.1 Å². The average molecular weight is 242 g/mol. The summed E-state index contributed by atoms with van der Waals surface area (Å²) in [5.41, 5.74) is 0.221. The van der Waals surface area contributed by atoms with E-state index in [1.165, 1.54) is 6.07 Å². The fraction of sp³-hybridized carbons (Fsp3) is 0.273. The molecule has 0 unspecified atom stereocenters. The Balaban J connectivity index is 2.67. The monoisotopic (exact) mass is 242 g/mol. The zero-order valence-electron chi connectivity index (χ0n) is 8.95. The van der Waals surface area contributed by atoms with Crippen LogP contribution >= 0.6 is 0 Å². The van der Waals surface area contributed by atoms with E-state index >= 15 is 0 Å². The molecule has 90 valence electrons. The number of hydrogen-bond donors (Lipinski definition) is 0. The van der Waals surface area contributed by atoms with Crippen molar-refractivity contribution in [1.29, 1.82) is 0 Å². The second-order valence-corrected chi connectivity index (χ2v) is 3.30. The Kier molecular flexibility index (Phi) is 2.87. The lowest BCUT2D eigenvalue weighted by atomic mass is 10.2. The molecule has 0 aliphatic rings. The number of para-hydroxylation sites is 1. The lowest BCUT2D eigenvalue weighted by Gasteiger charge is -2.10. The van der Waals surface area contributed by atoms with E-state index in [4.69, 9.17) is 4.74 Å². The van der Waals surface area contributed by atoms with E-state index in [0.717, 1.165) is 0 Å². The van der Waals surface area contributed by atoms with Crippen LogP contribution in [0.1, 0.15) is 12.7 Å². The molecule has 0 amide bonds. The zero-order chi connectivity index (χ0) is 12.5. The molecule has 0 spiro atoms. The third-order valence-electron chi connectivity index (χ3n) is 2.10. The molecule has 0 N–H and O–H groups in total. The first-order valence-electron chi connectivity index (χ1n) is 4.99. The summed E-state index contributed by atoms with van der Waals surface area (Å²) >= 11 is 0. The van der Waals surface area contributed by atoms with Crippen molar-refractivity contribution in [3.05, 3.63) is 30.1 Å². The molecule has 2 aromatic rings. The average Bonchev–Trinajstić information content (AvgIpc) is 2.28. The van der Waals surface area contributed by atoms with Crippen LogP contribution in [0.5, 0.6) is 5.88 Å². The Morgan fingerprint density at radius 1 is 1.18 bits per heavy atom. The fourth-order valence-corrected chi connectivity index (χ4v) is 1.42. The molecule has 0 fully saturated rings. The minimum absolute atomic E-state index is 0.0366. The van der Waals surface area contributed by atoms with Crippen molar-refractivity contribution in [1.82, 2.24) is 9.97 Å². The van der Waals surface area contributed by atoms with Gasteiger partial charge in [0.1, 0.15) is 0 Å². The fourth-order valence-electron chi connectivity index (χ4n) is 1.42. The van der Waals surface area contributed by atoms with E-state index in [0.29, 0.717) is 5.39 Å². The van der Waals surface area contributed by atoms with Crippen molar-refractivity contribution in [3.8, 4) is 5.88 Å². The molecule has 1 aromatic heterocycles. The summed E-state index contributed by atoms with van der Waals surface area (Å²) in [6.45, 7) is 1.93. The first-order valence-corrected chi connectivity index (χ1v) is 4.99. The molecule has 0 saturated carbocycles. The highest BCUT2D eigenvalue weighted by Gasteiger charge is 2.35. The number of benzene rings is 1. The number of ether oxygens (including phenoxy) is 1. The standard InChI is InChI=1S/C11H9F3N2O/c1-2-17-9-7-5-3-4-6-8(7)15-10(16-9)11(12,13)14/h3-6H,2H2,1H3. The van der Waals surface area contributed by atoms with Crippen LogP contribution in [-0.2, 0) is 6.18 Å². The van der Waals surface area contributed by atoms with Crippen molar-refractivity contribution in [2.24, 2.45) is 0 Å². The molecule has 0 radical (unpaired) electrons. The van der Waals surface area contributed by atoms with Crippen LogP contribution in [-0.4, -0.2) is 16.6 Å². The van der Waals surface area contributed by atoms with Crippen LogP contribution < -0.4 is 4.74 Å². The maximum Gasteiger partial charge on any atom is 0.451 e. The topological polar surface area (TPSA) is 35.0 Å². The van der Waals surface area contributed by atoms with Crippen LogP contribution in [0.15, 0.2) is 24.3 Å². The minimum atomic E-state index is -4.57. The van der Waals surface area contributed by atoms with E-state index in [9.17, 15) is 13.2 Å². The predicted molar refractivity (Wildman–Crippen MR) is 55.7 cm³/mol. The molecule has 0 saturated heterocycles. The van der Waals surface area contributed by atoms with Crippen molar-refractivity contribution in [2.45, 2.75) is 13.1 Å². The number of nitrogens with zero attached hydrogens (tertiary/aromatic N) is 2. The highest BCUT2D eigenvalue weighted by Crippen LogP contribution is 2.30. The summed E-state index contributed by atoms with van der Waals surface area (Å²) < 4.78 is 42.8. The van der Waals surface area contributed by atoms with Crippen LogP contribution in [0.4, 0.5) is 13.2 Å². The maximum atomic E-state index is 12.6. The van der Waals surface area contributed by atoms with Crippen molar-refractivity contribution in [2.75, 3.05) is 6.61 Å². The van der Waals surface area contributed by atoms with Gasteiger partial charge in [0, 0.05) is 0 Å². The largest absolute Gasteiger partial charge is 0.477 e. The quantitative estimate of drug-likeness (QED) is 0.811. The first-order chi connectivity index (χ1) is 8.02. The molecule has 1 heterocycles. The molecular formula is C11H9F3N2O. The third kappa shape index (κ3) is 2.30. The number of halogens is 3. The number of alkyl halides is 3. The second kappa shape index (κ2) is 4.20. The van der Waals surface area contributed by atoms with Gasteiger partial charge in [-0.1, -0.05) is 12.1 Å². The maximum absolute atomic E-state index is 12.6. The summed E-state index contributed by atoms with van der Waals surface area (Å²) in [6.07, 6.45) is -4.57. The van der Waals surface area contributed by atoms with Gasteiger partial charge in [-0.2, -0.15) is 18.2 Å². The van der Waals surface area contributed by atoms with Crippen LogP contribution in [0.25, 0.3) is 10.9 Å². The SMILES string of the molecule is CCOc1nc(C(F)(F)F)nc2ccccc12. The third-order valence-corrected chi connectivity index (χ3v) is 2.10. The van der Waals surface area contributed by atoms with E-state index in [1.54, 1.807) is 25.1 Å². The first kappa shape index (κ1) is 11.6. The normalized spacial score (nSPS) is 11.8. The van der Waals surface area contributed by atoms with Gasteiger partial charge in [0.2, 0.25) is 11.7 Å². The minimum Gasteiger partial charge on any atom is -0.477 e. The van der Waals surface area contributed by atoms with E-state index in [1.807, 2.05) is 0 Å². The Bertz CT molecular complexity index is 540. The van der Waals surface area contributed by atoms with E-state index in [-0.39, 0.29) is 18.0 Å². The van der Waals surface area contributed by atoms with Gasteiger partial charge in [0.25, 0.3) is 0 Å². The van der Waals surface area contributed by atoms with Crippen molar-refractivity contribution in [3.63, 3.8) is 0 Å². The number of rotatable bonds is 2. The van der Waals surface area contributed by atoms with Gasteiger partial charge in [0.05, 0.1) is 17.5 Å². The van der Waals surface area contributed by atoms with Crippen molar-refractivity contribution < 1.29 is 17.9 Å². The summed E-state index contributed by atoms with van der Waals surface area (Å²) in [6, 6.07) is 6.43. The van der Waals surface area contributed by atoms with Crippen LogP contribution in [0, 0.1) is 0 Å². The molecule has 0 bridgehead atoms. The Morgan fingerprint density at radius 3 is 2.53 bits per heavy atom. The lowest BCUT2D eigenvalue weighted by molar-refractivity contribution is -0.145. The highest BCUT2D eigenvalue weighted by molar-refractivity contribution is 5.83. The van der Waals surface area contributed by atoms with Crippen LogP contribution in [0.2, 0.25) is 0 Å². The van der Waals surface area contributed by atoms with E-state index < -0.39 is 12.0 Å².